The molecular weight excluding hydrogens is 222 g/mol. The van der Waals surface area contributed by atoms with E-state index in [0.717, 1.165) is 0 Å². The lowest BCUT2D eigenvalue weighted by Gasteiger charge is -2.07. The monoisotopic (exact) mass is 233 g/mol. The van der Waals surface area contributed by atoms with E-state index in [-0.39, 0.29) is 11.4 Å². The molecule has 0 saturated carbocycles. The van der Waals surface area contributed by atoms with Crippen molar-refractivity contribution in [1.82, 2.24) is 0 Å². The molecule has 0 bridgehead atoms. The van der Waals surface area contributed by atoms with E-state index in [9.17, 15) is 4.79 Å². The van der Waals surface area contributed by atoms with E-state index in [0.29, 0.717) is 11.5 Å². The molecule has 2 N–H and O–H groups in total. The first-order chi connectivity index (χ1) is 8.22. The maximum absolute atomic E-state index is 11.7. The first-order valence-corrected chi connectivity index (χ1v) is 4.90. The molecule has 0 aliphatic rings. The SMILES string of the molecule is COc1ccccc1OC(=O)c1ccoc1N. The third-order valence-corrected chi connectivity index (χ3v) is 2.19. The number of carbonyl (C=O) groups excluding carboxylic acids is 1. The van der Waals surface area contributed by atoms with Gasteiger partial charge in [0.2, 0.25) is 5.88 Å². The molecule has 0 atom stereocenters. The second-order valence-corrected chi connectivity index (χ2v) is 3.24. The Morgan fingerprint density at radius 2 is 1.94 bits per heavy atom. The number of hydrogen-bond acceptors (Lipinski definition) is 5. The quantitative estimate of drug-likeness (QED) is 0.649. The standard InChI is InChI=1S/C12H11NO4/c1-15-9-4-2-3-5-10(9)17-12(14)8-6-7-16-11(8)13/h2-7H,13H2,1H3. The van der Waals surface area contributed by atoms with Gasteiger partial charge in [0.15, 0.2) is 11.5 Å². The van der Waals surface area contributed by atoms with E-state index in [4.69, 9.17) is 19.6 Å². The predicted octanol–water partition coefficient (Wildman–Crippen LogP) is 2.09. The lowest BCUT2D eigenvalue weighted by Crippen LogP contribution is -2.10. The van der Waals surface area contributed by atoms with Crippen LogP contribution in [0.3, 0.4) is 0 Å². The van der Waals surface area contributed by atoms with Crippen molar-refractivity contribution in [3.8, 4) is 11.5 Å². The predicted molar refractivity (Wildman–Crippen MR) is 61.1 cm³/mol. The molecule has 5 heteroatoms. The number of rotatable bonds is 3. The molecule has 0 aliphatic heterocycles. The van der Waals surface area contributed by atoms with Gasteiger partial charge in [-0.15, -0.1) is 0 Å². The van der Waals surface area contributed by atoms with Gasteiger partial charge in [0, 0.05) is 0 Å². The number of methoxy groups -OCH3 is 1. The van der Waals surface area contributed by atoms with Crippen molar-refractivity contribution < 1.29 is 18.7 Å². The molecule has 5 nitrogen and oxygen atoms in total. The summed E-state index contributed by atoms with van der Waals surface area (Å²) in [6.07, 6.45) is 1.33. The van der Waals surface area contributed by atoms with E-state index in [2.05, 4.69) is 0 Å². The third-order valence-electron chi connectivity index (χ3n) is 2.19. The lowest BCUT2D eigenvalue weighted by atomic mass is 10.3. The van der Waals surface area contributed by atoms with Crippen molar-refractivity contribution in [2.24, 2.45) is 0 Å². The Kier molecular flexibility index (Phi) is 3.00. The number of furan rings is 1. The Labute approximate surface area is 97.7 Å². The summed E-state index contributed by atoms with van der Waals surface area (Å²) in [5, 5.41) is 0. The number of nitrogen functional groups attached to an aromatic ring is 1. The van der Waals surface area contributed by atoms with Crippen LogP contribution < -0.4 is 15.2 Å². The van der Waals surface area contributed by atoms with Gasteiger partial charge >= 0.3 is 5.97 Å². The molecule has 1 heterocycles. The van der Waals surface area contributed by atoms with Crippen LogP contribution in [0, 0.1) is 0 Å². The van der Waals surface area contributed by atoms with Crippen LogP contribution in [-0.4, -0.2) is 13.1 Å². The van der Waals surface area contributed by atoms with Gasteiger partial charge in [0.05, 0.1) is 13.4 Å². The van der Waals surface area contributed by atoms with E-state index >= 15 is 0 Å². The number of nitrogens with two attached hydrogens (primary N) is 1. The van der Waals surface area contributed by atoms with Gasteiger partial charge < -0.3 is 19.6 Å². The molecule has 1 aromatic heterocycles. The van der Waals surface area contributed by atoms with Crippen LogP contribution in [-0.2, 0) is 0 Å². The summed E-state index contributed by atoms with van der Waals surface area (Å²) in [5.41, 5.74) is 5.66. The molecule has 0 spiro atoms. The molecule has 0 aliphatic carbocycles. The van der Waals surface area contributed by atoms with E-state index < -0.39 is 5.97 Å². The van der Waals surface area contributed by atoms with Gasteiger partial charge in [-0.25, -0.2) is 4.79 Å². The highest BCUT2D eigenvalue weighted by Gasteiger charge is 2.16. The van der Waals surface area contributed by atoms with Crippen molar-refractivity contribution >= 4 is 11.9 Å². The third kappa shape index (κ3) is 2.23. The average Bonchev–Trinajstić information content (AvgIpc) is 2.76. The lowest BCUT2D eigenvalue weighted by molar-refractivity contribution is 0.0730. The zero-order chi connectivity index (χ0) is 12.3. The topological polar surface area (TPSA) is 74.7 Å². The number of esters is 1. The average molecular weight is 233 g/mol. The Morgan fingerprint density at radius 1 is 1.24 bits per heavy atom. The molecule has 88 valence electrons. The van der Waals surface area contributed by atoms with Crippen LogP contribution in [0.2, 0.25) is 0 Å². The molecule has 0 radical (unpaired) electrons. The van der Waals surface area contributed by atoms with Gasteiger partial charge in [-0.2, -0.15) is 0 Å². The number of hydrogen-bond donors (Lipinski definition) is 1. The first-order valence-electron chi connectivity index (χ1n) is 4.90. The van der Waals surface area contributed by atoms with E-state index in [1.807, 2.05) is 0 Å². The summed E-state index contributed by atoms with van der Waals surface area (Å²) in [4.78, 5) is 11.7. The minimum absolute atomic E-state index is 0.0323. The fourth-order valence-corrected chi connectivity index (χ4v) is 1.35. The zero-order valence-electron chi connectivity index (χ0n) is 9.17. The Balaban J connectivity index is 2.22. The molecule has 0 saturated heterocycles. The first kappa shape index (κ1) is 11.1. The van der Waals surface area contributed by atoms with Crippen LogP contribution in [0.1, 0.15) is 10.4 Å². The number of carbonyl (C=O) groups is 1. The van der Waals surface area contributed by atoms with Crippen molar-refractivity contribution in [1.29, 1.82) is 0 Å². The highest BCUT2D eigenvalue weighted by Crippen LogP contribution is 2.27. The summed E-state index contributed by atoms with van der Waals surface area (Å²) >= 11 is 0. The molecule has 2 rings (SSSR count). The van der Waals surface area contributed by atoms with Gasteiger partial charge in [-0.05, 0) is 18.2 Å². The Morgan fingerprint density at radius 3 is 2.53 bits per heavy atom. The fourth-order valence-electron chi connectivity index (χ4n) is 1.35. The van der Waals surface area contributed by atoms with Crippen LogP contribution in [0.4, 0.5) is 5.88 Å². The highest BCUT2D eigenvalue weighted by atomic mass is 16.6. The van der Waals surface area contributed by atoms with Crippen LogP contribution in [0.15, 0.2) is 41.0 Å². The number of para-hydroxylation sites is 2. The molecule has 0 fully saturated rings. The van der Waals surface area contributed by atoms with Gasteiger partial charge in [-0.3, -0.25) is 0 Å². The second kappa shape index (κ2) is 4.61. The zero-order valence-corrected chi connectivity index (χ0v) is 9.17. The summed E-state index contributed by atoms with van der Waals surface area (Å²) in [6.45, 7) is 0. The molecular formula is C12H11NO4. The van der Waals surface area contributed by atoms with Gasteiger partial charge in [0.1, 0.15) is 5.56 Å². The largest absolute Gasteiger partial charge is 0.493 e. The normalized spacial score (nSPS) is 9.94. The van der Waals surface area contributed by atoms with E-state index in [1.165, 1.54) is 19.4 Å². The maximum Gasteiger partial charge on any atom is 0.349 e. The second-order valence-electron chi connectivity index (χ2n) is 3.24. The molecule has 0 unspecified atom stereocenters. The Bertz CT molecular complexity index is 533. The van der Waals surface area contributed by atoms with Crippen molar-refractivity contribution in [3.05, 3.63) is 42.2 Å². The Hall–Kier alpha value is -2.43. The molecule has 2 aromatic rings. The van der Waals surface area contributed by atoms with Gasteiger partial charge in [0.25, 0.3) is 0 Å². The highest BCUT2D eigenvalue weighted by molar-refractivity contribution is 5.95. The molecule has 17 heavy (non-hydrogen) atoms. The minimum atomic E-state index is -0.583. The summed E-state index contributed by atoms with van der Waals surface area (Å²) in [6, 6.07) is 8.30. The van der Waals surface area contributed by atoms with Crippen molar-refractivity contribution in [2.75, 3.05) is 12.8 Å². The molecule has 1 aromatic carbocycles. The number of anilines is 1. The minimum Gasteiger partial charge on any atom is -0.493 e. The van der Waals surface area contributed by atoms with Crippen LogP contribution in [0.5, 0.6) is 11.5 Å². The summed E-state index contributed by atoms with van der Waals surface area (Å²) in [7, 11) is 1.50. The van der Waals surface area contributed by atoms with Gasteiger partial charge in [-0.1, -0.05) is 12.1 Å². The number of ether oxygens (including phenoxy) is 2. The van der Waals surface area contributed by atoms with Crippen LogP contribution in [0.25, 0.3) is 0 Å². The maximum atomic E-state index is 11.7. The van der Waals surface area contributed by atoms with Crippen LogP contribution >= 0.6 is 0 Å². The summed E-state index contributed by atoms with van der Waals surface area (Å²) in [5.74, 6) is 0.258. The smallest absolute Gasteiger partial charge is 0.349 e. The number of benzene rings is 1. The van der Waals surface area contributed by atoms with Crippen molar-refractivity contribution in [3.63, 3.8) is 0 Å². The summed E-state index contributed by atoms with van der Waals surface area (Å²) < 4.78 is 15.0. The fraction of sp³-hybridized carbons (Fsp3) is 0.0833. The van der Waals surface area contributed by atoms with E-state index in [1.54, 1.807) is 24.3 Å². The molecule has 0 amide bonds. The van der Waals surface area contributed by atoms with Crippen molar-refractivity contribution in [2.45, 2.75) is 0 Å².